The van der Waals surface area contributed by atoms with Crippen molar-refractivity contribution >= 4 is 0 Å². The Morgan fingerprint density at radius 2 is 1.75 bits per heavy atom. The van der Waals surface area contributed by atoms with Crippen LogP contribution in [0.2, 0.25) is 0 Å². The van der Waals surface area contributed by atoms with Crippen molar-refractivity contribution in [2.75, 3.05) is 6.54 Å². The van der Waals surface area contributed by atoms with Crippen LogP contribution < -0.4 is 11.6 Å². The van der Waals surface area contributed by atoms with Crippen LogP contribution in [0.5, 0.6) is 0 Å². The molecule has 0 radical (unpaired) electrons. The lowest BCUT2D eigenvalue weighted by Gasteiger charge is -2.14. The molecule has 3 nitrogen and oxygen atoms in total. The molecule has 4 N–H and O–H groups in total. The van der Waals surface area contributed by atoms with Gasteiger partial charge in [0.25, 0.3) is 0 Å². The normalized spacial score (nSPS) is 10.6. The van der Waals surface area contributed by atoms with Crippen molar-refractivity contribution in [1.82, 2.24) is 5.01 Å². The van der Waals surface area contributed by atoms with Crippen LogP contribution in [-0.4, -0.2) is 11.6 Å². The zero-order valence-electron chi connectivity index (χ0n) is 11.0. The molecule has 0 bridgehead atoms. The number of hydrogen-bond acceptors (Lipinski definition) is 3. The van der Waals surface area contributed by atoms with Crippen LogP contribution in [0.1, 0.15) is 52.4 Å². The Balaban J connectivity index is 0. The van der Waals surface area contributed by atoms with E-state index in [2.05, 4.69) is 27.0 Å². The summed E-state index contributed by atoms with van der Waals surface area (Å²) in [5, 5.41) is 1.71. The number of unbranched alkanes of at least 4 members (excludes halogenated alkanes) is 3. The fraction of sp³-hybridized carbons (Fsp3) is 0.692. The minimum absolute atomic E-state index is 0.880. The van der Waals surface area contributed by atoms with Crippen LogP contribution in [0.3, 0.4) is 0 Å². The van der Waals surface area contributed by atoms with Crippen LogP contribution in [0.25, 0.3) is 0 Å². The van der Waals surface area contributed by atoms with Crippen LogP contribution in [-0.2, 0) is 0 Å². The Morgan fingerprint density at radius 3 is 2.25 bits per heavy atom. The van der Waals surface area contributed by atoms with Gasteiger partial charge in [-0.3, -0.25) is 0 Å². The first kappa shape index (κ1) is 17.4. The Morgan fingerprint density at radius 1 is 1.12 bits per heavy atom. The van der Waals surface area contributed by atoms with Crippen molar-refractivity contribution in [2.45, 2.75) is 52.4 Å². The van der Waals surface area contributed by atoms with E-state index in [1.807, 2.05) is 6.20 Å². The van der Waals surface area contributed by atoms with Gasteiger partial charge in [-0.15, -0.1) is 13.2 Å². The molecule has 0 heterocycles. The van der Waals surface area contributed by atoms with Gasteiger partial charge in [0.1, 0.15) is 0 Å². The molecule has 0 spiro atoms. The first-order chi connectivity index (χ1) is 7.70. The standard InChI is InChI=1S/C11H25N3.C2H4/c1-3-5-6-7-9-14(13)10-11(12)8-4-2;1-2/h10H,3-9,12-13H2,1-2H3;1-2H2/b11-10-;. The highest BCUT2D eigenvalue weighted by Gasteiger charge is 1.95. The maximum absolute atomic E-state index is 5.76. The Kier molecular flexibility index (Phi) is 15.3. The maximum Gasteiger partial charge on any atom is 0.0342 e. The Bertz CT molecular complexity index is 167. The molecule has 0 unspecified atom stereocenters. The third-order valence-corrected chi connectivity index (χ3v) is 2.14. The minimum atomic E-state index is 0.880. The van der Waals surface area contributed by atoms with E-state index in [4.69, 9.17) is 11.6 Å². The molecular formula is C13H29N3. The zero-order valence-corrected chi connectivity index (χ0v) is 11.0. The van der Waals surface area contributed by atoms with Gasteiger partial charge in [-0.05, 0) is 12.8 Å². The number of nitrogens with zero attached hydrogens (tertiary/aromatic N) is 1. The summed E-state index contributed by atoms with van der Waals surface area (Å²) in [7, 11) is 0. The molecule has 0 fully saturated rings. The summed E-state index contributed by atoms with van der Waals surface area (Å²) in [6.45, 7) is 11.2. The van der Waals surface area contributed by atoms with Gasteiger partial charge in [-0.25, -0.2) is 5.84 Å². The SMILES string of the molecule is C=C.CCCCCCN(N)/C=C(\N)CCC. The van der Waals surface area contributed by atoms with Gasteiger partial charge in [0.15, 0.2) is 0 Å². The monoisotopic (exact) mass is 227 g/mol. The van der Waals surface area contributed by atoms with E-state index in [0.29, 0.717) is 0 Å². The molecule has 0 rings (SSSR count). The van der Waals surface area contributed by atoms with Crippen LogP contribution in [0, 0.1) is 0 Å². The van der Waals surface area contributed by atoms with Gasteiger partial charge in [0, 0.05) is 18.4 Å². The van der Waals surface area contributed by atoms with E-state index in [0.717, 1.165) is 31.5 Å². The predicted molar refractivity (Wildman–Crippen MR) is 73.5 cm³/mol. The van der Waals surface area contributed by atoms with Gasteiger partial charge in [0.2, 0.25) is 0 Å². The minimum Gasteiger partial charge on any atom is -0.401 e. The third kappa shape index (κ3) is 13.0. The van der Waals surface area contributed by atoms with Crippen molar-refractivity contribution in [3.63, 3.8) is 0 Å². The molecule has 0 aliphatic carbocycles. The van der Waals surface area contributed by atoms with Crippen LogP contribution in [0.15, 0.2) is 25.1 Å². The number of nitrogens with two attached hydrogens (primary N) is 2. The van der Waals surface area contributed by atoms with E-state index in [1.54, 1.807) is 5.01 Å². The maximum atomic E-state index is 5.76. The first-order valence-corrected chi connectivity index (χ1v) is 6.18. The fourth-order valence-corrected chi connectivity index (χ4v) is 1.35. The van der Waals surface area contributed by atoms with Crippen molar-refractivity contribution in [2.24, 2.45) is 11.6 Å². The largest absolute Gasteiger partial charge is 0.401 e. The molecule has 0 atom stereocenters. The highest BCUT2D eigenvalue weighted by atomic mass is 15.4. The molecule has 0 aliphatic rings. The van der Waals surface area contributed by atoms with Crippen molar-refractivity contribution < 1.29 is 0 Å². The summed E-state index contributed by atoms with van der Waals surface area (Å²) >= 11 is 0. The second kappa shape index (κ2) is 14.0. The molecule has 0 saturated carbocycles. The predicted octanol–water partition coefficient (Wildman–Crippen LogP) is 3.14. The molecule has 0 aromatic heterocycles. The first-order valence-electron chi connectivity index (χ1n) is 6.18. The lowest BCUT2D eigenvalue weighted by Crippen LogP contribution is -2.27. The zero-order chi connectivity index (χ0) is 12.8. The van der Waals surface area contributed by atoms with Crippen molar-refractivity contribution in [1.29, 1.82) is 0 Å². The quantitative estimate of drug-likeness (QED) is 0.290. The summed E-state index contributed by atoms with van der Waals surface area (Å²) < 4.78 is 0. The Labute approximate surface area is 101 Å². The highest BCUT2D eigenvalue weighted by molar-refractivity contribution is 4.94. The fourth-order valence-electron chi connectivity index (χ4n) is 1.35. The van der Waals surface area contributed by atoms with Gasteiger partial charge >= 0.3 is 0 Å². The molecule has 0 saturated heterocycles. The summed E-state index contributed by atoms with van der Waals surface area (Å²) in [4.78, 5) is 0. The molecule has 0 aromatic rings. The highest BCUT2D eigenvalue weighted by Crippen LogP contribution is 2.01. The number of hydrazine groups is 1. The van der Waals surface area contributed by atoms with Crippen LogP contribution >= 0.6 is 0 Å². The number of hydrogen-bond donors (Lipinski definition) is 2. The van der Waals surface area contributed by atoms with Gasteiger partial charge in [-0.2, -0.15) is 0 Å². The van der Waals surface area contributed by atoms with Crippen LogP contribution in [0.4, 0.5) is 0 Å². The van der Waals surface area contributed by atoms with Crippen molar-refractivity contribution in [3.8, 4) is 0 Å². The molecule has 0 aromatic carbocycles. The summed E-state index contributed by atoms with van der Waals surface area (Å²) in [6, 6.07) is 0. The summed E-state index contributed by atoms with van der Waals surface area (Å²) in [5.41, 5.74) is 6.64. The summed E-state index contributed by atoms with van der Waals surface area (Å²) in [6.07, 6.45) is 8.83. The Hall–Kier alpha value is -0.960. The summed E-state index contributed by atoms with van der Waals surface area (Å²) in [5.74, 6) is 5.76. The average Bonchev–Trinajstić information content (AvgIpc) is 2.27. The van der Waals surface area contributed by atoms with E-state index >= 15 is 0 Å². The van der Waals surface area contributed by atoms with Gasteiger partial charge < -0.3 is 10.7 Å². The van der Waals surface area contributed by atoms with Crippen molar-refractivity contribution in [3.05, 3.63) is 25.1 Å². The molecule has 16 heavy (non-hydrogen) atoms. The van der Waals surface area contributed by atoms with E-state index in [9.17, 15) is 0 Å². The van der Waals surface area contributed by atoms with E-state index in [1.165, 1.54) is 19.3 Å². The lowest BCUT2D eigenvalue weighted by atomic mass is 10.2. The van der Waals surface area contributed by atoms with Gasteiger partial charge in [0.05, 0.1) is 0 Å². The molecule has 0 amide bonds. The lowest BCUT2D eigenvalue weighted by molar-refractivity contribution is 0.373. The smallest absolute Gasteiger partial charge is 0.0342 e. The van der Waals surface area contributed by atoms with Gasteiger partial charge in [-0.1, -0.05) is 39.5 Å². The van der Waals surface area contributed by atoms with E-state index < -0.39 is 0 Å². The second-order valence-electron chi connectivity index (χ2n) is 3.75. The molecule has 0 aliphatic heterocycles. The number of rotatable bonds is 8. The van der Waals surface area contributed by atoms with E-state index in [-0.39, 0.29) is 0 Å². The molecule has 96 valence electrons. The average molecular weight is 227 g/mol. The molecular weight excluding hydrogens is 198 g/mol. The number of allylic oxidation sites excluding steroid dienone is 1. The topological polar surface area (TPSA) is 55.3 Å². The molecule has 3 heteroatoms. The second-order valence-corrected chi connectivity index (χ2v) is 3.75. The third-order valence-electron chi connectivity index (χ3n) is 2.14.